The number of benzene rings is 1. The van der Waals surface area contributed by atoms with Crippen LogP contribution in [-0.4, -0.2) is 17.1 Å². The second kappa shape index (κ2) is 4.37. The van der Waals surface area contributed by atoms with Crippen LogP contribution in [-0.2, 0) is 6.42 Å². The lowest BCUT2D eigenvalue weighted by molar-refractivity contribution is 0.292. The second-order valence-electron chi connectivity index (χ2n) is 2.47. The van der Waals surface area contributed by atoms with Gasteiger partial charge in [0.25, 0.3) is 0 Å². The summed E-state index contributed by atoms with van der Waals surface area (Å²) in [5.74, 6) is 0. The number of halogens is 1. The number of hydrogen-bond acceptors (Lipinski definition) is 1. The van der Waals surface area contributed by atoms with Crippen LogP contribution >= 0.6 is 11.6 Å². The summed E-state index contributed by atoms with van der Waals surface area (Å²) in [4.78, 5) is 0. The topological polar surface area (TPSA) is 20.2 Å². The fourth-order valence-corrected chi connectivity index (χ4v) is 1.11. The largest absolute Gasteiger partial charge is 0.395 e. The molecule has 1 atom stereocenters. The molecule has 1 unspecified atom stereocenters. The number of aliphatic hydroxyl groups excluding tert-OH is 1. The van der Waals surface area contributed by atoms with Gasteiger partial charge in [0, 0.05) is 0 Å². The predicted octanol–water partition coefficient (Wildman–Crippen LogP) is 1.83. The van der Waals surface area contributed by atoms with Crippen molar-refractivity contribution in [1.82, 2.24) is 0 Å². The van der Waals surface area contributed by atoms with Gasteiger partial charge in [-0.1, -0.05) is 30.3 Å². The molecule has 0 heterocycles. The lowest BCUT2D eigenvalue weighted by atomic mass is 10.1. The van der Waals surface area contributed by atoms with E-state index in [1.807, 2.05) is 30.3 Å². The normalized spacial score (nSPS) is 12.9. The Morgan fingerprint density at radius 3 is 2.45 bits per heavy atom. The Labute approximate surface area is 71.6 Å². The first-order valence-corrected chi connectivity index (χ1v) is 4.05. The van der Waals surface area contributed by atoms with Gasteiger partial charge in [-0.3, -0.25) is 0 Å². The molecule has 0 saturated carbocycles. The van der Waals surface area contributed by atoms with Crippen LogP contribution in [0.15, 0.2) is 30.3 Å². The van der Waals surface area contributed by atoms with Crippen molar-refractivity contribution in [2.24, 2.45) is 0 Å². The highest BCUT2D eigenvalue weighted by Gasteiger charge is 2.02. The Hall–Kier alpha value is -0.530. The monoisotopic (exact) mass is 170 g/mol. The molecule has 1 rings (SSSR count). The molecule has 0 aliphatic rings. The van der Waals surface area contributed by atoms with Crippen molar-refractivity contribution in [1.29, 1.82) is 0 Å². The van der Waals surface area contributed by atoms with E-state index in [2.05, 4.69) is 0 Å². The van der Waals surface area contributed by atoms with E-state index in [9.17, 15) is 0 Å². The Kier molecular flexibility index (Phi) is 3.40. The molecule has 1 nitrogen and oxygen atoms in total. The quantitative estimate of drug-likeness (QED) is 0.687. The summed E-state index contributed by atoms with van der Waals surface area (Å²) in [5, 5.41) is 8.51. The summed E-state index contributed by atoms with van der Waals surface area (Å²) < 4.78 is 0. The van der Waals surface area contributed by atoms with Gasteiger partial charge in [0.1, 0.15) is 0 Å². The number of aliphatic hydroxyl groups is 1. The van der Waals surface area contributed by atoms with E-state index in [1.165, 1.54) is 5.56 Å². The van der Waals surface area contributed by atoms with Crippen LogP contribution in [0.4, 0.5) is 0 Å². The zero-order valence-electron chi connectivity index (χ0n) is 6.20. The molecule has 0 fully saturated rings. The van der Waals surface area contributed by atoms with E-state index >= 15 is 0 Å². The minimum Gasteiger partial charge on any atom is -0.395 e. The summed E-state index contributed by atoms with van der Waals surface area (Å²) in [5.41, 5.74) is 1.17. The number of rotatable bonds is 3. The lowest BCUT2D eigenvalue weighted by Gasteiger charge is -2.04. The maximum absolute atomic E-state index is 8.66. The fourth-order valence-electron chi connectivity index (χ4n) is 0.934. The molecule has 1 aromatic rings. The van der Waals surface area contributed by atoms with Crippen molar-refractivity contribution < 1.29 is 5.11 Å². The van der Waals surface area contributed by atoms with Crippen molar-refractivity contribution in [3.63, 3.8) is 0 Å². The van der Waals surface area contributed by atoms with Gasteiger partial charge in [-0.2, -0.15) is 0 Å². The van der Waals surface area contributed by atoms with Crippen LogP contribution in [0.5, 0.6) is 0 Å². The van der Waals surface area contributed by atoms with Gasteiger partial charge in [0.2, 0.25) is 0 Å². The van der Waals surface area contributed by atoms with Gasteiger partial charge in [-0.25, -0.2) is 0 Å². The van der Waals surface area contributed by atoms with Crippen LogP contribution in [0, 0.1) is 0 Å². The molecule has 0 saturated heterocycles. The van der Waals surface area contributed by atoms with Crippen LogP contribution in [0.2, 0.25) is 0 Å². The van der Waals surface area contributed by atoms with Crippen molar-refractivity contribution in [2.45, 2.75) is 11.8 Å². The fraction of sp³-hybridized carbons (Fsp3) is 0.333. The molecule has 0 spiro atoms. The van der Waals surface area contributed by atoms with E-state index in [-0.39, 0.29) is 12.0 Å². The van der Waals surface area contributed by atoms with Crippen LogP contribution < -0.4 is 0 Å². The summed E-state index contributed by atoms with van der Waals surface area (Å²) in [7, 11) is 0. The van der Waals surface area contributed by atoms with Crippen LogP contribution in [0.1, 0.15) is 5.56 Å². The molecule has 0 aliphatic heterocycles. The maximum atomic E-state index is 8.66. The van der Waals surface area contributed by atoms with E-state index in [0.717, 1.165) is 6.42 Å². The molecule has 0 bridgehead atoms. The molecule has 1 aromatic carbocycles. The summed E-state index contributed by atoms with van der Waals surface area (Å²) in [6.07, 6.45) is 0.735. The standard InChI is InChI=1S/C9H11ClO/c10-9(7-11)6-8-4-2-1-3-5-8/h1-5,9,11H,6-7H2. The molecule has 60 valence electrons. The summed E-state index contributed by atoms with van der Waals surface area (Å²) in [6.45, 7) is 0.0381. The molecule has 0 aromatic heterocycles. The molecule has 2 heteroatoms. The first kappa shape index (κ1) is 8.57. The third kappa shape index (κ3) is 2.91. The van der Waals surface area contributed by atoms with Gasteiger partial charge in [0.15, 0.2) is 0 Å². The van der Waals surface area contributed by atoms with E-state index in [0.29, 0.717) is 0 Å². The predicted molar refractivity (Wildman–Crippen MR) is 46.9 cm³/mol. The zero-order valence-corrected chi connectivity index (χ0v) is 6.96. The average Bonchev–Trinajstić information content (AvgIpc) is 2.06. The smallest absolute Gasteiger partial charge is 0.0607 e. The Morgan fingerprint density at radius 2 is 1.91 bits per heavy atom. The van der Waals surface area contributed by atoms with Crippen molar-refractivity contribution >= 4 is 11.6 Å². The first-order chi connectivity index (χ1) is 5.33. The Morgan fingerprint density at radius 1 is 1.27 bits per heavy atom. The molecule has 1 N–H and O–H groups in total. The summed E-state index contributed by atoms with van der Waals surface area (Å²) in [6, 6.07) is 9.91. The number of alkyl halides is 1. The van der Waals surface area contributed by atoms with E-state index in [4.69, 9.17) is 16.7 Å². The molecular formula is C9H11ClO. The molecule has 11 heavy (non-hydrogen) atoms. The van der Waals surface area contributed by atoms with Gasteiger partial charge in [-0.05, 0) is 12.0 Å². The summed E-state index contributed by atoms with van der Waals surface area (Å²) >= 11 is 5.75. The van der Waals surface area contributed by atoms with E-state index < -0.39 is 0 Å². The van der Waals surface area contributed by atoms with Crippen molar-refractivity contribution in [3.8, 4) is 0 Å². The lowest BCUT2D eigenvalue weighted by Crippen LogP contribution is -2.07. The second-order valence-corrected chi connectivity index (χ2v) is 3.09. The SMILES string of the molecule is OCC(Cl)Cc1ccccc1. The molecule has 0 aliphatic carbocycles. The van der Waals surface area contributed by atoms with Crippen LogP contribution in [0.3, 0.4) is 0 Å². The third-order valence-electron chi connectivity index (χ3n) is 1.50. The minimum absolute atomic E-state index is 0.0381. The Balaban J connectivity index is 2.51. The van der Waals surface area contributed by atoms with Gasteiger partial charge >= 0.3 is 0 Å². The van der Waals surface area contributed by atoms with Gasteiger partial charge in [0.05, 0.1) is 12.0 Å². The van der Waals surface area contributed by atoms with Crippen molar-refractivity contribution in [2.75, 3.05) is 6.61 Å². The van der Waals surface area contributed by atoms with Crippen LogP contribution in [0.25, 0.3) is 0 Å². The highest BCUT2D eigenvalue weighted by molar-refractivity contribution is 6.20. The molecule has 0 amide bonds. The highest BCUT2D eigenvalue weighted by Crippen LogP contribution is 2.06. The minimum atomic E-state index is -0.155. The highest BCUT2D eigenvalue weighted by atomic mass is 35.5. The van der Waals surface area contributed by atoms with E-state index in [1.54, 1.807) is 0 Å². The van der Waals surface area contributed by atoms with Gasteiger partial charge < -0.3 is 5.11 Å². The Bertz CT molecular complexity index is 198. The third-order valence-corrected chi connectivity index (χ3v) is 1.79. The molecule has 0 radical (unpaired) electrons. The first-order valence-electron chi connectivity index (χ1n) is 3.62. The average molecular weight is 171 g/mol. The molecular weight excluding hydrogens is 160 g/mol. The van der Waals surface area contributed by atoms with Crippen molar-refractivity contribution in [3.05, 3.63) is 35.9 Å². The maximum Gasteiger partial charge on any atom is 0.0607 e. The zero-order chi connectivity index (χ0) is 8.10. The van der Waals surface area contributed by atoms with Gasteiger partial charge in [-0.15, -0.1) is 11.6 Å². The number of hydrogen-bond donors (Lipinski definition) is 1.